The van der Waals surface area contributed by atoms with Crippen molar-refractivity contribution in [2.75, 3.05) is 0 Å². The molecule has 0 saturated heterocycles. The van der Waals surface area contributed by atoms with Crippen LogP contribution in [-0.2, 0) is 0 Å². The fraction of sp³-hybridized carbons (Fsp3) is 0.167. The molecule has 0 aliphatic carbocycles. The number of aliphatic hydroxyl groups is 1. The fourth-order valence-corrected chi connectivity index (χ4v) is 1.45. The summed E-state index contributed by atoms with van der Waals surface area (Å²) in [5.41, 5.74) is 0.890. The minimum Gasteiger partial charge on any atom is -0.516 e. The molecule has 0 spiro atoms. The maximum absolute atomic E-state index is 8.65. The van der Waals surface area contributed by atoms with Gasteiger partial charge in [-0.25, -0.2) is 0 Å². The van der Waals surface area contributed by atoms with Crippen LogP contribution < -0.4 is 0 Å². The Morgan fingerprint density at radius 1 is 1.36 bits per heavy atom. The quantitative estimate of drug-likeness (QED) is 0.730. The van der Waals surface area contributed by atoms with Gasteiger partial charge < -0.3 is 9.52 Å². The minimum absolute atomic E-state index is 0.104. The van der Waals surface area contributed by atoms with E-state index >= 15 is 0 Å². The van der Waals surface area contributed by atoms with Crippen LogP contribution in [0.4, 0.5) is 0 Å². The Morgan fingerprint density at radius 2 is 2.14 bits per heavy atom. The van der Waals surface area contributed by atoms with Crippen LogP contribution in [0.5, 0.6) is 0 Å². The highest BCUT2D eigenvalue weighted by Gasteiger charge is 2.07. The molecule has 0 radical (unpaired) electrons. The second-order valence-corrected chi connectivity index (χ2v) is 3.32. The summed E-state index contributed by atoms with van der Waals surface area (Å²) in [6.45, 7) is 1.98. The highest BCUT2D eigenvalue weighted by molar-refractivity contribution is 5.77. The van der Waals surface area contributed by atoms with Gasteiger partial charge in [0.05, 0.1) is 6.26 Å². The number of aliphatic hydroxyl groups excluding tert-OH is 1. The Balaban J connectivity index is 2.44. The van der Waals surface area contributed by atoms with Crippen molar-refractivity contribution in [1.82, 2.24) is 0 Å². The van der Waals surface area contributed by atoms with Gasteiger partial charge in [-0.3, -0.25) is 0 Å². The van der Waals surface area contributed by atoms with Crippen LogP contribution in [0.3, 0.4) is 0 Å². The average molecular weight is 188 g/mol. The van der Waals surface area contributed by atoms with Gasteiger partial charge in [0.15, 0.2) is 0 Å². The summed E-state index contributed by atoms with van der Waals surface area (Å²) in [6, 6.07) is 9.88. The molecule has 1 aromatic carbocycles. The minimum atomic E-state index is 0.104. The Hall–Kier alpha value is -1.70. The molecule has 1 aromatic heterocycles. The lowest BCUT2D eigenvalue weighted by atomic mass is 10.1. The Kier molecular flexibility index (Phi) is 2.27. The van der Waals surface area contributed by atoms with E-state index in [2.05, 4.69) is 0 Å². The van der Waals surface area contributed by atoms with E-state index in [0.717, 1.165) is 23.0 Å². The van der Waals surface area contributed by atoms with Crippen LogP contribution in [0.25, 0.3) is 11.0 Å². The topological polar surface area (TPSA) is 33.4 Å². The van der Waals surface area contributed by atoms with Gasteiger partial charge in [-0.05, 0) is 18.2 Å². The van der Waals surface area contributed by atoms with E-state index in [4.69, 9.17) is 9.52 Å². The molecule has 0 amide bonds. The van der Waals surface area contributed by atoms with E-state index in [1.54, 1.807) is 6.08 Å². The molecule has 2 aromatic rings. The molecule has 14 heavy (non-hydrogen) atoms. The monoisotopic (exact) mass is 188 g/mol. The van der Waals surface area contributed by atoms with Crippen LogP contribution in [-0.4, -0.2) is 5.11 Å². The van der Waals surface area contributed by atoms with Gasteiger partial charge in [-0.2, -0.15) is 0 Å². The number of furan rings is 1. The highest BCUT2D eigenvalue weighted by atomic mass is 16.3. The van der Waals surface area contributed by atoms with E-state index in [1.807, 2.05) is 37.3 Å². The van der Waals surface area contributed by atoms with Crippen molar-refractivity contribution in [3.63, 3.8) is 0 Å². The van der Waals surface area contributed by atoms with Crippen LogP contribution >= 0.6 is 0 Å². The first-order chi connectivity index (χ1) is 6.81. The molecular weight excluding hydrogens is 176 g/mol. The lowest BCUT2D eigenvalue weighted by molar-refractivity contribution is 0.464. The zero-order valence-corrected chi connectivity index (χ0v) is 7.97. The van der Waals surface area contributed by atoms with Gasteiger partial charge in [-0.15, -0.1) is 0 Å². The summed E-state index contributed by atoms with van der Waals surface area (Å²) >= 11 is 0. The van der Waals surface area contributed by atoms with Gasteiger partial charge in [0.2, 0.25) is 0 Å². The maximum Gasteiger partial charge on any atom is 0.134 e. The number of benzene rings is 1. The van der Waals surface area contributed by atoms with E-state index < -0.39 is 0 Å². The normalized spacial score (nSPS) is 13.8. The van der Waals surface area contributed by atoms with Crippen molar-refractivity contribution < 1.29 is 9.52 Å². The number of allylic oxidation sites excluding steroid dienone is 1. The first kappa shape index (κ1) is 8.88. The molecule has 2 nitrogen and oxygen atoms in total. The van der Waals surface area contributed by atoms with E-state index in [-0.39, 0.29) is 5.92 Å². The third kappa shape index (κ3) is 1.51. The Bertz CT molecular complexity index is 421. The number of fused-ring (bicyclic) bond motifs is 1. The van der Waals surface area contributed by atoms with Crippen LogP contribution in [0.1, 0.15) is 18.6 Å². The first-order valence-electron chi connectivity index (χ1n) is 4.60. The van der Waals surface area contributed by atoms with Gasteiger partial charge in [0.25, 0.3) is 0 Å². The van der Waals surface area contributed by atoms with E-state index in [0.29, 0.717) is 0 Å². The molecule has 0 aliphatic heterocycles. The summed E-state index contributed by atoms with van der Waals surface area (Å²) in [4.78, 5) is 0. The molecule has 0 bridgehead atoms. The predicted octanol–water partition coefficient (Wildman–Crippen LogP) is 3.61. The first-order valence-corrected chi connectivity index (χ1v) is 4.60. The van der Waals surface area contributed by atoms with Crippen LogP contribution in [0, 0.1) is 0 Å². The third-order valence-corrected chi connectivity index (χ3v) is 2.27. The fourth-order valence-electron chi connectivity index (χ4n) is 1.45. The summed E-state index contributed by atoms with van der Waals surface area (Å²) in [5.74, 6) is 0.976. The average Bonchev–Trinajstić information content (AvgIpc) is 2.61. The molecule has 0 aliphatic rings. The maximum atomic E-state index is 8.65. The summed E-state index contributed by atoms with van der Waals surface area (Å²) in [7, 11) is 0. The summed E-state index contributed by atoms with van der Waals surface area (Å²) in [6.07, 6.45) is 2.75. The molecule has 2 rings (SSSR count). The summed E-state index contributed by atoms with van der Waals surface area (Å²) < 4.78 is 5.62. The standard InChI is InChI=1S/C12H12O2/c1-9(6-7-13)12-8-10-4-2-3-5-11(10)14-12/h2-9,13H,1H3/b7-6+. The van der Waals surface area contributed by atoms with Gasteiger partial charge in [-0.1, -0.05) is 25.1 Å². The molecular formula is C12H12O2. The SMILES string of the molecule is CC(/C=C/O)c1cc2ccccc2o1. The van der Waals surface area contributed by atoms with Crippen LogP contribution in [0.15, 0.2) is 47.1 Å². The van der Waals surface area contributed by atoms with Gasteiger partial charge >= 0.3 is 0 Å². The van der Waals surface area contributed by atoms with Crippen molar-refractivity contribution in [3.05, 3.63) is 48.4 Å². The zero-order valence-electron chi connectivity index (χ0n) is 7.97. The zero-order chi connectivity index (χ0) is 9.97. The second kappa shape index (κ2) is 3.58. The highest BCUT2D eigenvalue weighted by Crippen LogP contribution is 2.25. The van der Waals surface area contributed by atoms with E-state index in [1.165, 1.54) is 0 Å². The predicted molar refractivity (Wildman–Crippen MR) is 56.4 cm³/mol. The lowest BCUT2D eigenvalue weighted by Crippen LogP contribution is -1.83. The number of hydrogen-bond acceptors (Lipinski definition) is 2. The molecule has 1 heterocycles. The van der Waals surface area contributed by atoms with Crippen molar-refractivity contribution >= 4 is 11.0 Å². The third-order valence-electron chi connectivity index (χ3n) is 2.27. The summed E-state index contributed by atoms with van der Waals surface area (Å²) in [5, 5.41) is 9.75. The number of para-hydroxylation sites is 1. The molecule has 72 valence electrons. The van der Waals surface area contributed by atoms with Crippen molar-refractivity contribution in [2.24, 2.45) is 0 Å². The van der Waals surface area contributed by atoms with Crippen molar-refractivity contribution in [3.8, 4) is 0 Å². The number of rotatable bonds is 2. The molecule has 0 fully saturated rings. The van der Waals surface area contributed by atoms with E-state index in [9.17, 15) is 0 Å². The largest absolute Gasteiger partial charge is 0.516 e. The van der Waals surface area contributed by atoms with Crippen LogP contribution in [0.2, 0.25) is 0 Å². The van der Waals surface area contributed by atoms with Crippen molar-refractivity contribution in [1.29, 1.82) is 0 Å². The molecule has 2 heteroatoms. The Labute approximate surface area is 82.5 Å². The molecule has 1 unspecified atom stereocenters. The van der Waals surface area contributed by atoms with Crippen molar-refractivity contribution in [2.45, 2.75) is 12.8 Å². The van der Waals surface area contributed by atoms with Gasteiger partial charge in [0, 0.05) is 11.3 Å². The Morgan fingerprint density at radius 3 is 2.86 bits per heavy atom. The molecule has 1 N–H and O–H groups in total. The van der Waals surface area contributed by atoms with Gasteiger partial charge in [0.1, 0.15) is 11.3 Å². The second-order valence-electron chi connectivity index (χ2n) is 3.32. The molecule has 0 saturated carbocycles. The lowest BCUT2D eigenvalue weighted by Gasteiger charge is -1.98. The molecule has 1 atom stereocenters. The smallest absolute Gasteiger partial charge is 0.134 e. The number of hydrogen-bond donors (Lipinski definition) is 1.